The molecule has 1 fully saturated rings. The molecule has 1 rings (SSSR count). The van der Waals surface area contributed by atoms with Crippen molar-refractivity contribution in [2.75, 3.05) is 24.6 Å². The summed E-state index contributed by atoms with van der Waals surface area (Å²) < 4.78 is 0. The van der Waals surface area contributed by atoms with Gasteiger partial charge in [0.25, 0.3) is 0 Å². The van der Waals surface area contributed by atoms with Crippen molar-refractivity contribution in [2.24, 2.45) is 5.41 Å². The molecule has 98 valence electrons. The molecule has 0 unspecified atom stereocenters. The van der Waals surface area contributed by atoms with E-state index in [4.69, 9.17) is 0 Å². The Morgan fingerprint density at radius 2 is 1.76 bits per heavy atom. The van der Waals surface area contributed by atoms with E-state index in [-0.39, 0.29) is 12.3 Å². The minimum atomic E-state index is -0.873. The number of rotatable bonds is 5. The third kappa shape index (κ3) is 3.37. The van der Waals surface area contributed by atoms with Crippen LogP contribution in [0.5, 0.6) is 0 Å². The van der Waals surface area contributed by atoms with E-state index in [1.54, 1.807) is 4.90 Å². The highest BCUT2D eigenvalue weighted by molar-refractivity contribution is 7.99. The van der Waals surface area contributed by atoms with E-state index in [1.807, 2.05) is 25.6 Å². The normalized spacial score (nSPS) is 16.9. The van der Waals surface area contributed by atoms with Crippen LogP contribution in [-0.2, 0) is 9.59 Å². The molecule has 0 aromatic carbocycles. The molecule has 1 N–H and O–H groups in total. The van der Waals surface area contributed by atoms with Gasteiger partial charge in [0.15, 0.2) is 0 Å². The summed E-state index contributed by atoms with van der Waals surface area (Å²) in [5, 5.41) is 9.30. The maximum Gasteiger partial charge on any atom is 0.310 e. The summed E-state index contributed by atoms with van der Waals surface area (Å²) in [6, 6.07) is 0. The fourth-order valence-electron chi connectivity index (χ4n) is 2.09. The quantitative estimate of drug-likeness (QED) is 0.818. The van der Waals surface area contributed by atoms with Gasteiger partial charge in [-0.3, -0.25) is 9.59 Å². The Morgan fingerprint density at radius 1 is 1.24 bits per heavy atom. The average molecular weight is 259 g/mol. The fraction of sp³-hybridized carbons (Fsp3) is 0.833. The molecule has 0 spiro atoms. The van der Waals surface area contributed by atoms with Crippen molar-refractivity contribution in [1.82, 2.24) is 4.90 Å². The third-order valence-electron chi connectivity index (χ3n) is 3.66. The average Bonchev–Trinajstić information content (AvgIpc) is 2.36. The molecule has 0 aromatic rings. The number of nitrogens with zero attached hydrogens (tertiary/aromatic N) is 1. The van der Waals surface area contributed by atoms with Crippen molar-refractivity contribution in [3.05, 3.63) is 0 Å². The van der Waals surface area contributed by atoms with Gasteiger partial charge >= 0.3 is 5.97 Å². The molecular formula is C12H21NO3S. The second kappa shape index (κ2) is 6.28. The number of carbonyl (C=O) groups excluding carboxylic acids is 1. The number of hydrogen-bond acceptors (Lipinski definition) is 3. The van der Waals surface area contributed by atoms with Gasteiger partial charge in [0, 0.05) is 31.0 Å². The van der Waals surface area contributed by atoms with Crippen LogP contribution >= 0.6 is 11.8 Å². The molecule has 0 aromatic heterocycles. The number of amides is 1. The van der Waals surface area contributed by atoms with Gasteiger partial charge in [0.05, 0.1) is 5.41 Å². The highest BCUT2D eigenvalue weighted by Gasteiger charge is 2.38. The van der Waals surface area contributed by atoms with Crippen molar-refractivity contribution < 1.29 is 14.7 Å². The van der Waals surface area contributed by atoms with Crippen LogP contribution in [0.3, 0.4) is 0 Å². The Morgan fingerprint density at radius 3 is 2.18 bits per heavy atom. The first-order valence-electron chi connectivity index (χ1n) is 6.14. The predicted molar refractivity (Wildman–Crippen MR) is 69.2 cm³/mol. The Hall–Kier alpha value is -0.710. The monoisotopic (exact) mass is 259 g/mol. The molecule has 0 bridgehead atoms. The molecule has 5 heteroatoms. The predicted octanol–water partition coefficient (Wildman–Crippen LogP) is 1.84. The smallest absolute Gasteiger partial charge is 0.310 e. The van der Waals surface area contributed by atoms with Crippen LogP contribution in [0.2, 0.25) is 0 Å². The molecule has 1 amide bonds. The highest BCUT2D eigenvalue weighted by Crippen LogP contribution is 2.32. The van der Waals surface area contributed by atoms with Crippen LogP contribution in [0.1, 0.15) is 33.1 Å². The van der Waals surface area contributed by atoms with Gasteiger partial charge in [0.2, 0.25) is 5.91 Å². The number of aliphatic carboxylic acids is 1. The van der Waals surface area contributed by atoms with E-state index >= 15 is 0 Å². The molecule has 0 atom stereocenters. The summed E-state index contributed by atoms with van der Waals surface area (Å²) in [5.74, 6) is 1.08. The second-order valence-electron chi connectivity index (χ2n) is 4.46. The lowest BCUT2D eigenvalue weighted by atomic mass is 9.79. The van der Waals surface area contributed by atoms with Gasteiger partial charge < -0.3 is 10.0 Å². The Balaban J connectivity index is 2.66. The molecule has 1 aliphatic rings. The number of carbonyl (C=O) groups is 2. The Bertz CT molecular complexity index is 283. The molecule has 1 aliphatic heterocycles. The summed E-state index contributed by atoms with van der Waals surface area (Å²) in [6.07, 6.45) is 1.15. The molecule has 1 heterocycles. The lowest BCUT2D eigenvalue weighted by molar-refractivity contribution is -0.154. The summed E-state index contributed by atoms with van der Waals surface area (Å²) in [6.45, 7) is 5.20. The first-order valence-corrected chi connectivity index (χ1v) is 7.30. The minimum Gasteiger partial charge on any atom is -0.481 e. The SMILES string of the molecule is CCC(CC)(CC(=O)N1CCSCC1)C(=O)O. The highest BCUT2D eigenvalue weighted by atomic mass is 32.2. The summed E-state index contributed by atoms with van der Waals surface area (Å²) in [4.78, 5) is 25.2. The number of hydrogen-bond donors (Lipinski definition) is 1. The first-order chi connectivity index (χ1) is 8.05. The number of carboxylic acid groups (broad SMARTS) is 1. The lowest BCUT2D eigenvalue weighted by Gasteiger charge is -2.32. The third-order valence-corrected chi connectivity index (χ3v) is 4.60. The van der Waals surface area contributed by atoms with Crippen LogP contribution in [0.25, 0.3) is 0 Å². The molecule has 0 saturated carbocycles. The van der Waals surface area contributed by atoms with E-state index in [2.05, 4.69) is 0 Å². The summed E-state index contributed by atoms with van der Waals surface area (Å²) in [7, 11) is 0. The van der Waals surface area contributed by atoms with Crippen molar-refractivity contribution in [1.29, 1.82) is 0 Å². The Labute approximate surface area is 107 Å². The molecular weight excluding hydrogens is 238 g/mol. The largest absolute Gasteiger partial charge is 0.481 e. The molecule has 4 nitrogen and oxygen atoms in total. The maximum atomic E-state index is 12.1. The first kappa shape index (κ1) is 14.4. The van der Waals surface area contributed by atoms with E-state index in [0.29, 0.717) is 12.8 Å². The van der Waals surface area contributed by atoms with E-state index in [0.717, 1.165) is 24.6 Å². The van der Waals surface area contributed by atoms with Crippen LogP contribution in [0.4, 0.5) is 0 Å². The molecule has 0 radical (unpaired) electrons. The fourth-order valence-corrected chi connectivity index (χ4v) is 3.00. The Kier molecular flexibility index (Phi) is 5.31. The topological polar surface area (TPSA) is 57.6 Å². The van der Waals surface area contributed by atoms with Gasteiger partial charge in [0.1, 0.15) is 0 Å². The molecule has 1 saturated heterocycles. The van der Waals surface area contributed by atoms with Gasteiger partial charge in [-0.1, -0.05) is 13.8 Å². The van der Waals surface area contributed by atoms with Gasteiger partial charge in [-0.15, -0.1) is 0 Å². The minimum absolute atomic E-state index is 0.00333. The summed E-state index contributed by atoms with van der Waals surface area (Å²) >= 11 is 1.84. The summed E-state index contributed by atoms with van der Waals surface area (Å²) in [5.41, 5.74) is -0.873. The van der Waals surface area contributed by atoms with Crippen molar-refractivity contribution in [3.8, 4) is 0 Å². The molecule has 0 aliphatic carbocycles. The van der Waals surface area contributed by atoms with Crippen LogP contribution in [-0.4, -0.2) is 46.5 Å². The zero-order valence-corrected chi connectivity index (χ0v) is 11.4. The van der Waals surface area contributed by atoms with Crippen molar-refractivity contribution >= 4 is 23.6 Å². The van der Waals surface area contributed by atoms with E-state index < -0.39 is 11.4 Å². The molecule has 17 heavy (non-hydrogen) atoms. The standard InChI is InChI=1S/C12H21NO3S/c1-3-12(4-2,11(15)16)9-10(14)13-5-7-17-8-6-13/h3-9H2,1-2H3,(H,15,16). The van der Waals surface area contributed by atoms with Gasteiger partial charge in [-0.05, 0) is 12.8 Å². The zero-order valence-electron chi connectivity index (χ0n) is 10.6. The van der Waals surface area contributed by atoms with Gasteiger partial charge in [-0.25, -0.2) is 0 Å². The van der Waals surface area contributed by atoms with E-state index in [9.17, 15) is 14.7 Å². The van der Waals surface area contributed by atoms with Crippen molar-refractivity contribution in [2.45, 2.75) is 33.1 Å². The number of carboxylic acids is 1. The van der Waals surface area contributed by atoms with Crippen LogP contribution in [0, 0.1) is 5.41 Å². The zero-order chi connectivity index (χ0) is 12.9. The van der Waals surface area contributed by atoms with E-state index in [1.165, 1.54) is 0 Å². The van der Waals surface area contributed by atoms with Crippen LogP contribution < -0.4 is 0 Å². The van der Waals surface area contributed by atoms with Crippen LogP contribution in [0.15, 0.2) is 0 Å². The van der Waals surface area contributed by atoms with Gasteiger partial charge in [-0.2, -0.15) is 11.8 Å². The lowest BCUT2D eigenvalue weighted by Crippen LogP contribution is -2.42. The number of thioether (sulfide) groups is 1. The van der Waals surface area contributed by atoms with Crippen molar-refractivity contribution in [3.63, 3.8) is 0 Å². The second-order valence-corrected chi connectivity index (χ2v) is 5.69. The maximum absolute atomic E-state index is 12.1.